The fourth-order valence-electron chi connectivity index (χ4n) is 3.46. The predicted molar refractivity (Wildman–Crippen MR) is 105 cm³/mol. The first-order valence-corrected chi connectivity index (χ1v) is 9.23. The second-order valence-corrected chi connectivity index (χ2v) is 6.68. The van der Waals surface area contributed by atoms with Gasteiger partial charge in [-0.25, -0.2) is 4.79 Å². The van der Waals surface area contributed by atoms with Gasteiger partial charge in [0.1, 0.15) is 6.04 Å². The molecule has 1 aliphatic rings. The number of amides is 2. The number of carboxylic acid groups (broad SMARTS) is 1. The van der Waals surface area contributed by atoms with Gasteiger partial charge >= 0.3 is 5.97 Å². The molecule has 152 valence electrons. The summed E-state index contributed by atoms with van der Waals surface area (Å²) in [6.07, 6.45) is -0.0267. The number of benzene rings is 2. The van der Waals surface area contributed by atoms with Gasteiger partial charge in [0.25, 0.3) is 11.8 Å². The Kier molecular flexibility index (Phi) is 6.26. The van der Waals surface area contributed by atoms with E-state index in [4.69, 9.17) is 10.2 Å². The molecular weight excluding hydrogens is 376 g/mol. The van der Waals surface area contributed by atoms with Crippen LogP contribution < -0.4 is 4.90 Å². The summed E-state index contributed by atoms with van der Waals surface area (Å²) in [6.45, 7) is 0.574. The lowest BCUT2D eigenvalue weighted by atomic mass is 10.0. The standard InChI is InChI=1S/C21H22N2O6/c24-11-9-22(10-12-25)15-7-5-14(6-8-15)13-18(21(28)29)23-19(26)16-3-1-2-4-17(16)20(23)27/h1-8,18,24-25H,9-13H2,(H,28,29)/t18-/m0/s1. The number of anilines is 1. The number of hydrogen-bond acceptors (Lipinski definition) is 6. The van der Waals surface area contributed by atoms with E-state index in [0.717, 1.165) is 10.6 Å². The molecule has 8 heteroatoms. The highest BCUT2D eigenvalue weighted by molar-refractivity contribution is 6.22. The van der Waals surface area contributed by atoms with Gasteiger partial charge in [0.05, 0.1) is 24.3 Å². The van der Waals surface area contributed by atoms with Crippen LogP contribution in [0.2, 0.25) is 0 Å². The zero-order chi connectivity index (χ0) is 21.0. The molecule has 1 heterocycles. The average Bonchev–Trinajstić information content (AvgIpc) is 2.97. The third-order valence-electron chi connectivity index (χ3n) is 4.89. The molecule has 0 bridgehead atoms. The van der Waals surface area contributed by atoms with E-state index in [1.165, 1.54) is 12.1 Å². The molecule has 2 amide bonds. The van der Waals surface area contributed by atoms with Crippen molar-refractivity contribution in [2.75, 3.05) is 31.2 Å². The van der Waals surface area contributed by atoms with E-state index in [0.29, 0.717) is 18.7 Å². The van der Waals surface area contributed by atoms with E-state index in [1.54, 1.807) is 41.3 Å². The quantitative estimate of drug-likeness (QED) is 0.534. The minimum atomic E-state index is -1.32. The van der Waals surface area contributed by atoms with Crippen LogP contribution >= 0.6 is 0 Å². The molecule has 0 fully saturated rings. The van der Waals surface area contributed by atoms with E-state index >= 15 is 0 Å². The van der Waals surface area contributed by atoms with Gasteiger partial charge in [-0.2, -0.15) is 0 Å². The van der Waals surface area contributed by atoms with Gasteiger partial charge in [-0.05, 0) is 29.8 Å². The first-order valence-electron chi connectivity index (χ1n) is 9.23. The summed E-state index contributed by atoms with van der Waals surface area (Å²) in [4.78, 5) is 39.7. The van der Waals surface area contributed by atoms with Crippen molar-refractivity contribution < 1.29 is 29.7 Å². The molecule has 2 aromatic rings. The molecular formula is C21H22N2O6. The second kappa shape index (κ2) is 8.85. The molecule has 8 nitrogen and oxygen atoms in total. The number of nitrogens with zero attached hydrogens (tertiary/aromatic N) is 2. The fourth-order valence-corrected chi connectivity index (χ4v) is 3.46. The van der Waals surface area contributed by atoms with Gasteiger partial charge in [0, 0.05) is 25.2 Å². The summed E-state index contributed by atoms with van der Waals surface area (Å²) in [5.41, 5.74) is 1.83. The number of aliphatic carboxylic acids is 1. The highest BCUT2D eigenvalue weighted by atomic mass is 16.4. The van der Waals surface area contributed by atoms with E-state index in [9.17, 15) is 19.5 Å². The lowest BCUT2D eigenvalue weighted by Crippen LogP contribution is -2.46. The number of fused-ring (bicyclic) bond motifs is 1. The van der Waals surface area contributed by atoms with Gasteiger partial charge in [0.2, 0.25) is 0 Å². The molecule has 0 spiro atoms. The van der Waals surface area contributed by atoms with Crippen LogP contribution in [-0.2, 0) is 11.2 Å². The number of carbonyl (C=O) groups is 3. The molecule has 0 saturated heterocycles. The number of aliphatic hydroxyl groups excluding tert-OH is 2. The summed E-state index contributed by atoms with van der Waals surface area (Å²) >= 11 is 0. The molecule has 1 aliphatic heterocycles. The maximum Gasteiger partial charge on any atom is 0.327 e. The fraction of sp³-hybridized carbons (Fsp3) is 0.286. The van der Waals surface area contributed by atoms with E-state index < -0.39 is 23.8 Å². The van der Waals surface area contributed by atoms with Crippen molar-refractivity contribution in [1.29, 1.82) is 0 Å². The van der Waals surface area contributed by atoms with Crippen LogP contribution in [0.15, 0.2) is 48.5 Å². The zero-order valence-electron chi connectivity index (χ0n) is 15.7. The van der Waals surface area contributed by atoms with Crippen molar-refractivity contribution in [3.8, 4) is 0 Å². The molecule has 2 aromatic carbocycles. The Bertz CT molecular complexity index is 871. The Labute approximate surface area is 167 Å². The molecule has 1 atom stereocenters. The maximum absolute atomic E-state index is 12.6. The minimum absolute atomic E-state index is 0.0267. The number of aliphatic hydroxyl groups is 2. The first kappa shape index (κ1) is 20.5. The van der Waals surface area contributed by atoms with Crippen molar-refractivity contribution in [3.05, 3.63) is 65.2 Å². The second-order valence-electron chi connectivity index (χ2n) is 6.68. The Balaban J connectivity index is 1.81. The van der Waals surface area contributed by atoms with Crippen molar-refractivity contribution in [2.24, 2.45) is 0 Å². The van der Waals surface area contributed by atoms with E-state index in [1.807, 2.05) is 0 Å². The summed E-state index contributed by atoms with van der Waals surface area (Å²) in [7, 11) is 0. The van der Waals surface area contributed by atoms with Crippen LogP contribution in [0.3, 0.4) is 0 Å². The molecule has 0 saturated carbocycles. The van der Waals surface area contributed by atoms with E-state index in [2.05, 4.69) is 0 Å². The topological polar surface area (TPSA) is 118 Å². The third kappa shape index (κ3) is 4.13. The smallest absolute Gasteiger partial charge is 0.327 e. The Morgan fingerprint density at radius 1 is 0.897 bits per heavy atom. The Morgan fingerprint density at radius 3 is 1.86 bits per heavy atom. The zero-order valence-corrected chi connectivity index (χ0v) is 15.7. The van der Waals surface area contributed by atoms with Crippen molar-refractivity contribution in [2.45, 2.75) is 12.5 Å². The van der Waals surface area contributed by atoms with Gasteiger partial charge in [-0.15, -0.1) is 0 Å². The normalized spacial score (nSPS) is 14.1. The van der Waals surface area contributed by atoms with Crippen molar-refractivity contribution in [3.63, 3.8) is 0 Å². The molecule has 29 heavy (non-hydrogen) atoms. The lowest BCUT2D eigenvalue weighted by Gasteiger charge is -2.24. The Hall–Kier alpha value is -3.23. The van der Waals surface area contributed by atoms with Gasteiger partial charge < -0.3 is 20.2 Å². The van der Waals surface area contributed by atoms with Crippen LogP contribution in [0.5, 0.6) is 0 Å². The van der Waals surface area contributed by atoms with Crippen molar-refractivity contribution in [1.82, 2.24) is 4.90 Å². The van der Waals surface area contributed by atoms with E-state index in [-0.39, 0.29) is 30.8 Å². The molecule has 0 aromatic heterocycles. The summed E-state index contributed by atoms with van der Waals surface area (Å²) in [6, 6.07) is 11.9. The largest absolute Gasteiger partial charge is 0.480 e. The van der Waals surface area contributed by atoms with Crippen LogP contribution in [0.25, 0.3) is 0 Å². The average molecular weight is 398 g/mol. The van der Waals surface area contributed by atoms with Gasteiger partial charge in [-0.1, -0.05) is 24.3 Å². The summed E-state index contributed by atoms with van der Waals surface area (Å²) in [5, 5.41) is 28.0. The number of hydrogen-bond donors (Lipinski definition) is 3. The minimum Gasteiger partial charge on any atom is -0.480 e. The van der Waals surface area contributed by atoms with Crippen LogP contribution in [-0.4, -0.2) is 70.3 Å². The van der Waals surface area contributed by atoms with Crippen LogP contribution in [0, 0.1) is 0 Å². The number of carboxylic acids is 1. The maximum atomic E-state index is 12.6. The molecule has 3 rings (SSSR count). The SMILES string of the molecule is O=C(O)[C@H](Cc1ccc(N(CCO)CCO)cc1)N1C(=O)c2ccccc2C1=O. The van der Waals surface area contributed by atoms with Gasteiger partial charge in [0.15, 0.2) is 0 Å². The van der Waals surface area contributed by atoms with Crippen LogP contribution in [0.1, 0.15) is 26.3 Å². The number of carbonyl (C=O) groups excluding carboxylic acids is 2. The third-order valence-corrected chi connectivity index (χ3v) is 4.89. The molecule has 0 radical (unpaired) electrons. The highest BCUT2D eigenvalue weighted by Gasteiger charge is 2.42. The number of imide groups is 1. The molecule has 3 N–H and O–H groups in total. The summed E-state index contributed by atoms with van der Waals surface area (Å²) < 4.78 is 0. The van der Waals surface area contributed by atoms with Crippen LogP contribution in [0.4, 0.5) is 5.69 Å². The number of rotatable bonds is 9. The Morgan fingerprint density at radius 2 is 1.41 bits per heavy atom. The first-order chi connectivity index (χ1) is 14.0. The molecule has 0 aliphatic carbocycles. The van der Waals surface area contributed by atoms with Crippen molar-refractivity contribution >= 4 is 23.5 Å². The monoisotopic (exact) mass is 398 g/mol. The summed E-state index contributed by atoms with van der Waals surface area (Å²) in [5.74, 6) is -2.47. The van der Waals surface area contributed by atoms with Gasteiger partial charge in [-0.3, -0.25) is 14.5 Å². The highest BCUT2D eigenvalue weighted by Crippen LogP contribution is 2.26. The molecule has 0 unspecified atom stereocenters. The lowest BCUT2D eigenvalue weighted by molar-refractivity contribution is -0.141. The predicted octanol–water partition coefficient (Wildman–Crippen LogP) is 0.770.